The minimum absolute atomic E-state index is 0.00641. The minimum atomic E-state index is -4.19. The Hall–Kier alpha value is -1.64. The van der Waals surface area contributed by atoms with Gasteiger partial charge in [-0.15, -0.1) is 5.10 Å². The molecule has 1 aromatic rings. The van der Waals surface area contributed by atoms with Crippen LogP contribution in [0.2, 0.25) is 0 Å². The fraction of sp³-hybridized carbons (Fsp3) is 0.750. The van der Waals surface area contributed by atoms with Crippen molar-refractivity contribution < 1.29 is 18.0 Å². The second kappa shape index (κ2) is 6.88. The van der Waals surface area contributed by atoms with Gasteiger partial charge in [0.1, 0.15) is 0 Å². The molecule has 2 rings (SSSR count). The third-order valence-corrected chi connectivity index (χ3v) is 3.53. The summed E-state index contributed by atoms with van der Waals surface area (Å²) in [5.41, 5.74) is 0. The van der Waals surface area contributed by atoms with E-state index in [2.05, 4.69) is 20.9 Å². The van der Waals surface area contributed by atoms with E-state index in [0.717, 1.165) is 0 Å². The molecule has 0 radical (unpaired) electrons. The van der Waals surface area contributed by atoms with Gasteiger partial charge in [0.2, 0.25) is 5.91 Å². The first-order valence-corrected chi connectivity index (χ1v) is 6.88. The lowest BCUT2D eigenvalue weighted by molar-refractivity contribution is -0.180. The molecule has 1 aliphatic heterocycles. The molecule has 1 fully saturated rings. The Kier molecular flexibility index (Phi) is 5.16. The number of nitrogens with one attached hydrogen (secondary N) is 2. The van der Waals surface area contributed by atoms with Crippen molar-refractivity contribution in [2.24, 2.45) is 5.92 Å². The number of hydrogen-bond acceptors (Lipinski definition) is 4. The average molecular weight is 305 g/mol. The zero-order valence-electron chi connectivity index (χ0n) is 11.4. The molecule has 0 saturated carbocycles. The molecule has 2 N–H and O–H groups in total. The first kappa shape index (κ1) is 15.7. The molecular weight excluding hydrogens is 287 g/mol. The van der Waals surface area contributed by atoms with Crippen LogP contribution in [0.1, 0.15) is 19.3 Å². The average Bonchev–Trinajstić information content (AvgIpc) is 2.96. The molecule has 0 bridgehead atoms. The molecule has 1 aromatic heterocycles. The summed E-state index contributed by atoms with van der Waals surface area (Å²) in [5.74, 6) is -1.59. The van der Waals surface area contributed by atoms with Crippen molar-refractivity contribution in [3.05, 3.63) is 12.4 Å². The summed E-state index contributed by atoms with van der Waals surface area (Å²) in [6.45, 7) is 0.897. The van der Waals surface area contributed by atoms with Crippen LogP contribution in [-0.2, 0) is 11.3 Å². The van der Waals surface area contributed by atoms with E-state index in [1.165, 1.54) is 0 Å². The first-order valence-electron chi connectivity index (χ1n) is 6.88. The third-order valence-electron chi connectivity index (χ3n) is 3.53. The largest absolute Gasteiger partial charge is 0.393 e. The maximum absolute atomic E-state index is 12.5. The van der Waals surface area contributed by atoms with Gasteiger partial charge in [-0.25, -0.2) is 0 Å². The Morgan fingerprint density at radius 1 is 1.43 bits per heavy atom. The van der Waals surface area contributed by atoms with Crippen LogP contribution in [0.4, 0.5) is 13.2 Å². The van der Waals surface area contributed by atoms with Gasteiger partial charge in [0, 0.05) is 25.8 Å². The van der Waals surface area contributed by atoms with Crippen molar-refractivity contribution in [3.8, 4) is 0 Å². The van der Waals surface area contributed by atoms with E-state index in [0.29, 0.717) is 19.5 Å². The van der Waals surface area contributed by atoms with Crippen LogP contribution in [0, 0.1) is 5.92 Å². The maximum atomic E-state index is 12.5. The number of aromatic nitrogens is 3. The molecule has 0 spiro atoms. The van der Waals surface area contributed by atoms with E-state index >= 15 is 0 Å². The third kappa shape index (κ3) is 4.69. The second-order valence-electron chi connectivity index (χ2n) is 5.09. The zero-order valence-corrected chi connectivity index (χ0v) is 11.4. The molecule has 1 saturated heterocycles. The predicted octanol–water partition coefficient (Wildman–Crippen LogP) is 0.715. The van der Waals surface area contributed by atoms with Gasteiger partial charge in [-0.2, -0.15) is 13.2 Å². The lowest BCUT2D eigenvalue weighted by atomic mass is 9.94. The molecular formula is C12H18F3N5O. The highest BCUT2D eigenvalue weighted by Gasteiger charge is 2.42. The van der Waals surface area contributed by atoms with E-state index in [4.69, 9.17) is 0 Å². The Bertz CT molecular complexity index is 440. The summed E-state index contributed by atoms with van der Waals surface area (Å²) in [6.07, 6.45) is -0.00470. The number of carbonyl (C=O) groups excluding carboxylic acids is 1. The zero-order chi connectivity index (χ0) is 15.3. The quantitative estimate of drug-likeness (QED) is 0.786. The highest BCUT2D eigenvalue weighted by molar-refractivity contribution is 5.81. The van der Waals surface area contributed by atoms with Gasteiger partial charge >= 0.3 is 6.18 Å². The van der Waals surface area contributed by atoms with Crippen molar-refractivity contribution >= 4 is 5.91 Å². The molecule has 6 nitrogen and oxygen atoms in total. The van der Waals surface area contributed by atoms with Gasteiger partial charge in [-0.05, 0) is 19.3 Å². The second-order valence-corrected chi connectivity index (χ2v) is 5.09. The van der Waals surface area contributed by atoms with Crippen molar-refractivity contribution in [3.63, 3.8) is 0 Å². The Balaban J connectivity index is 1.63. The molecule has 21 heavy (non-hydrogen) atoms. The number of nitrogens with zero attached hydrogens (tertiary/aromatic N) is 3. The topological polar surface area (TPSA) is 71.8 Å². The van der Waals surface area contributed by atoms with Gasteiger partial charge in [-0.3, -0.25) is 9.48 Å². The Morgan fingerprint density at radius 2 is 2.24 bits per heavy atom. The normalized spacial score (nSPS) is 23.0. The van der Waals surface area contributed by atoms with Crippen LogP contribution >= 0.6 is 0 Å². The highest BCUT2D eigenvalue weighted by atomic mass is 19.4. The number of carbonyl (C=O) groups is 1. The van der Waals surface area contributed by atoms with Crippen LogP contribution in [0.25, 0.3) is 0 Å². The number of rotatable bonds is 5. The number of amides is 1. The summed E-state index contributed by atoms with van der Waals surface area (Å²) in [5, 5.41) is 12.8. The monoisotopic (exact) mass is 305 g/mol. The van der Waals surface area contributed by atoms with Gasteiger partial charge in [-0.1, -0.05) is 5.21 Å². The van der Waals surface area contributed by atoms with Gasteiger partial charge < -0.3 is 10.6 Å². The van der Waals surface area contributed by atoms with Crippen LogP contribution < -0.4 is 10.6 Å². The van der Waals surface area contributed by atoms with Crippen LogP contribution in [0.3, 0.4) is 0 Å². The molecule has 0 aliphatic carbocycles. The molecule has 9 heteroatoms. The van der Waals surface area contributed by atoms with E-state index < -0.39 is 18.1 Å². The van der Waals surface area contributed by atoms with Crippen LogP contribution in [0.15, 0.2) is 12.4 Å². The van der Waals surface area contributed by atoms with Crippen molar-refractivity contribution in [1.82, 2.24) is 25.6 Å². The summed E-state index contributed by atoms with van der Waals surface area (Å²) >= 11 is 0. The van der Waals surface area contributed by atoms with Crippen molar-refractivity contribution in [1.29, 1.82) is 0 Å². The molecule has 2 unspecified atom stereocenters. The summed E-state index contributed by atoms with van der Waals surface area (Å²) in [4.78, 5) is 11.8. The maximum Gasteiger partial charge on any atom is 0.393 e. The number of aryl methyl sites for hydroxylation is 1. The summed E-state index contributed by atoms with van der Waals surface area (Å²) in [6, 6.07) is -0.532. The number of alkyl halides is 3. The molecule has 118 valence electrons. The van der Waals surface area contributed by atoms with E-state index in [9.17, 15) is 18.0 Å². The van der Waals surface area contributed by atoms with Gasteiger partial charge in [0.15, 0.2) is 0 Å². The molecule has 1 amide bonds. The fourth-order valence-electron chi connectivity index (χ4n) is 2.29. The van der Waals surface area contributed by atoms with Gasteiger partial charge in [0.05, 0.1) is 18.2 Å². The standard InChI is InChI=1S/C12H18F3N5O/c13-12(14,15)9-2-3-10(17-8-9)11(21)16-4-1-6-20-7-5-18-19-20/h5,7,9-10,17H,1-4,6,8H2,(H,16,21). The number of piperidine rings is 1. The van der Waals surface area contributed by atoms with Crippen molar-refractivity contribution in [2.75, 3.05) is 13.1 Å². The molecule has 2 atom stereocenters. The lowest BCUT2D eigenvalue weighted by Gasteiger charge is -2.30. The molecule has 1 aliphatic rings. The Morgan fingerprint density at radius 3 is 2.81 bits per heavy atom. The van der Waals surface area contributed by atoms with E-state index in [1.807, 2.05) is 0 Å². The number of hydrogen-bond donors (Lipinski definition) is 2. The molecule has 2 heterocycles. The first-order chi connectivity index (χ1) is 9.97. The smallest absolute Gasteiger partial charge is 0.355 e. The van der Waals surface area contributed by atoms with E-state index in [-0.39, 0.29) is 25.3 Å². The predicted molar refractivity (Wildman–Crippen MR) is 68.2 cm³/mol. The SMILES string of the molecule is O=C(NCCCn1ccnn1)C1CCC(C(F)(F)F)CN1. The fourth-order valence-corrected chi connectivity index (χ4v) is 2.29. The number of halogens is 3. The lowest BCUT2D eigenvalue weighted by Crippen LogP contribution is -2.51. The van der Waals surface area contributed by atoms with E-state index in [1.54, 1.807) is 17.1 Å². The van der Waals surface area contributed by atoms with Crippen LogP contribution in [-0.4, -0.2) is 46.2 Å². The molecule has 0 aromatic carbocycles. The Labute approximate surface area is 120 Å². The highest BCUT2D eigenvalue weighted by Crippen LogP contribution is 2.31. The minimum Gasteiger partial charge on any atom is -0.355 e. The van der Waals surface area contributed by atoms with Crippen LogP contribution in [0.5, 0.6) is 0 Å². The van der Waals surface area contributed by atoms with Gasteiger partial charge in [0.25, 0.3) is 0 Å². The summed E-state index contributed by atoms with van der Waals surface area (Å²) in [7, 11) is 0. The van der Waals surface area contributed by atoms with Crippen molar-refractivity contribution in [2.45, 2.75) is 38.0 Å². The summed E-state index contributed by atoms with van der Waals surface area (Å²) < 4.78 is 39.1.